The van der Waals surface area contributed by atoms with Gasteiger partial charge in [-0.3, -0.25) is 14.2 Å². The van der Waals surface area contributed by atoms with Crippen LogP contribution in [0.1, 0.15) is 25.5 Å². The summed E-state index contributed by atoms with van der Waals surface area (Å²) in [6, 6.07) is 1.92. The quantitative estimate of drug-likeness (QED) is 0.554. The summed E-state index contributed by atoms with van der Waals surface area (Å²) in [4.78, 5) is 43.4. The maximum absolute atomic E-state index is 12.7. The lowest BCUT2D eigenvalue weighted by molar-refractivity contribution is -0.142. The maximum Gasteiger partial charge on any atom is 0.311 e. The van der Waals surface area contributed by atoms with E-state index in [0.717, 1.165) is 37.6 Å². The minimum absolute atomic E-state index is 0.0431. The third kappa shape index (κ3) is 5.23. The van der Waals surface area contributed by atoms with E-state index in [4.69, 9.17) is 4.74 Å². The molecule has 1 aliphatic heterocycles. The Bertz CT molecular complexity index is 1030. The molecular weight excluding hydrogens is 418 g/mol. The SMILES string of the molecule is CCOC(=O)Cc1csc(NC(=O)C2CCN(c3cc(-n4ccnc4)ncn3)CC2)n1. The Morgan fingerprint density at radius 1 is 1.26 bits per heavy atom. The molecule has 10 nitrogen and oxygen atoms in total. The van der Waals surface area contributed by atoms with Gasteiger partial charge < -0.3 is 15.0 Å². The van der Waals surface area contributed by atoms with Gasteiger partial charge in [0.15, 0.2) is 5.13 Å². The van der Waals surface area contributed by atoms with Crippen LogP contribution in [0.15, 0.2) is 36.5 Å². The normalized spacial score (nSPS) is 14.4. The first-order valence-corrected chi connectivity index (χ1v) is 11.0. The van der Waals surface area contributed by atoms with Crippen molar-refractivity contribution in [1.29, 1.82) is 0 Å². The Morgan fingerprint density at radius 2 is 2.06 bits per heavy atom. The number of esters is 1. The second kappa shape index (κ2) is 9.65. The lowest BCUT2D eigenvalue weighted by Gasteiger charge is -2.32. The zero-order chi connectivity index (χ0) is 21.6. The van der Waals surface area contributed by atoms with E-state index in [1.54, 1.807) is 31.2 Å². The van der Waals surface area contributed by atoms with Gasteiger partial charge in [-0.05, 0) is 19.8 Å². The van der Waals surface area contributed by atoms with Crippen molar-refractivity contribution >= 4 is 34.2 Å². The van der Waals surface area contributed by atoms with Gasteiger partial charge in [0.1, 0.15) is 24.3 Å². The van der Waals surface area contributed by atoms with E-state index in [-0.39, 0.29) is 24.2 Å². The Hall–Kier alpha value is -3.34. The highest BCUT2D eigenvalue weighted by Gasteiger charge is 2.26. The van der Waals surface area contributed by atoms with Crippen molar-refractivity contribution in [3.8, 4) is 5.82 Å². The van der Waals surface area contributed by atoms with Gasteiger partial charge in [-0.1, -0.05) is 0 Å². The number of imidazole rings is 1. The third-order valence-electron chi connectivity index (χ3n) is 5.01. The van der Waals surface area contributed by atoms with Gasteiger partial charge in [0.05, 0.1) is 18.7 Å². The van der Waals surface area contributed by atoms with Gasteiger partial charge in [0, 0.05) is 42.8 Å². The zero-order valence-corrected chi connectivity index (χ0v) is 17.9. The monoisotopic (exact) mass is 441 g/mol. The molecule has 0 atom stereocenters. The highest BCUT2D eigenvalue weighted by Crippen LogP contribution is 2.25. The summed E-state index contributed by atoms with van der Waals surface area (Å²) >= 11 is 1.31. The van der Waals surface area contributed by atoms with Crippen molar-refractivity contribution in [2.45, 2.75) is 26.2 Å². The maximum atomic E-state index is 12.7. The second-order valence-electron chi connectivity index (χ2n) is 7.08. The highest BCUT2D eigenvalue weighted by molar-refractivity contribution is 7.13. The number of anilines is 2. The molecular formula is C20H23N7O3S. The van der Waals surface area contributed by atoms with Crippen LogP contribution in [0.4, 0.5) is 10.9 Å². The van der Waals surface area contributed by atoms with E-state index in [1.807, 2.05) is 16.8 Å². The number of hydrogen-bond donors (Lipinski definition) is 1. The van der Waals surface area contributed by atoms with Crippen molar-refractivity contribution in [3.05, 3.63) is 42.2 Å². The van der Waals surface area contributed by atoms with Crippen molar-refractivity contribution in [3.63, 3.8) is 0 Å². The predicted molar refractivity (Wildman–Crippen MR) is 115 cm³/mol. The van der Waals surface area contributed by atoms with Crippen LogP contribution in [0.25, 0.3) is 5.82 Å². The zero-order valence-electron chi connectivity index (χ0n) is 17.1. The fourth-order valence-electron chi connectivity index (χ4n) is 3.43. The van der Waals surface area contributed by atoms with Crippen LogP contribution in [0.5, 0.6) is 0 Å². The number of nitrogens with one attached hydrogen (secondary N) is 1. The van der Waals surface area contributed by atoms with E-state index in [1.165, 1.54) is 11.3 Å². The smallest absolute Gasteiger partial charge is 0.311 e. The van der Waals surface area contributed by atoms with E-state index in [0.29, 0.717) is 17.4 Å². The summed E-state index contributed by atoms with van der Waals surface area (Å²) < 4.78 is 6.76. The topological polar surface area (TPSA) is 115 Å². The summed E-state index contributed by atoms with van der Waals surface area (Å²) in [5.74, 6) is 1.13. The van der Waals surface area contributed by atoms with Crippen LogP contribution in [0, 0.1) is 5.92 Å². The summed E-state index contributed by atoms with van der Waals surface area (Å²) in [6.07, 6.45) is 8.32. The van der Waals surface area contributed by atoms with Crippen molar-refractivity contribution < 1.29 is 14.3 Å². The molecule has 4 heterocycles. The molecule has 0 spiro atoms. The number of rotatable bonds is 7. The van der Waals surface area contributed by atoms with Crippen molar-refractivity contribution in [2.24, 2.45) is 5.92 Å². The third-order valence-corrected chi connectivity index (χ3v) is 5.82. The van der Waals surface area contributed by atoms with E-state index in [9.17, 15) is 9.59 Å². The van der Waals surface area contributed by atoms with Gasteiger partial charge in [-0.2, -0.15) is 0 Å². The molecule has 3 aromatic heterocycles. The molecule has 0 saturated carbocycles. The van der Waals surface area contributed by atoms with E-state index >= 15 is 0 Å². The standard InChI is InChI=1S/C20H23N7O3S/c1-2-30-18(28)9-15-11-31-20(24-15)25-19(29)14-3-6-26(7-4-14)16-10-17(23-12-22-16)27-8-5-21-13-27/h5,8,10-14H,2-4,6-7,9H2,1H3,(H,24,25,29). The molecule has 31 heavy (non-hydrogen) atoms. The number of nitrogens with zero attached hydrogens (tertiary/aromatic N) is 6. The molecule has 11 heteroatoms. The molecule has 0 radical (unpaired) electrons. The first-order chi connectivity index (χ1) is 15.1. The Labute approximate surface area is 183 Å². The summed E-state index contributed by atoms with van der Waals surface area (Å²) in [7, 11) is 0. The molecule has 0 unspecified atom stereocenters. The average Bonchev–Trinajstić information content (AvgIpc) is 3.47. The minimum atomic E-state index is -0.320. The van der Waals surface area contributed by atoms with Crippen LogP contribution in [-0.2, 0) is 20.7 Å². The molecule has 0 aliphatic carbocycles. The number of carbonyl (C=O) groups is 2. The molecule has 1 N–H and O–H groups in total. The van der Waals surface area contributed by atoms with Crippen molar-refractivity contribution in [2.75, 3.05) is 29.9 Å². The molecule has 3 aromatic rings. The lowest BCUT2D eigenvalue weighted by Crippen LogP contribution is -2.38. The molecule has 1 saturated heterocycles. The highest BCUT2D eigenvalue weighted by atomic mass is 32.1. The Balaban J connectivity index is 1.30. The molecule has 0 bridgehead atoms. The van der Waals surface area contributed by atoms with Crippen LogP contribution < -0.4 is 10.2 Å². The summed E-state index contributed by atoms with van der Waals surface area (Å²) in [5, 5.41) is 5.15. The van der Waals surface area contributed by atoms with Crippen LogP contribution in [0.2, 0.25) is 0 Å². The van der Waals surface area contributed by atoms with Gasteiger partial charge in [-0.25, -0.2) is 19.9 Å². The Morgan fingerprint density at radius 3 is 2.81 bits per heavy atom. The average molecular weight is 442 g/mol. The summed E-state index contributed by atoms with van der Waals surface area (Å²) in [5.41, 5.74) is 0.603. The molecule has 4 rings (SSSR count). The van der Waals surface area contributed by atoms with Crippen LogP contribution >= 0.6 is 11.3 Å². The van der Waals surface area contributed by atoms with E-state index < -0.39 is 0 Å². The fraction of sp³-hybridized carbons (Fsp3) is 0.400. The molecule has 1 amide bonds. The predicted octanol–water partition coefficient (Wildman–Crippen LogP) is 2.08. The number of carbonyl (C=O) groups excluding carboxylic acids is 2. The molecule has 1 aliphatic rings. The Kier molecular flexibility index (Phi) is 6.51. The fourth-order valence-corrected chi connectivity index (χ4v) is 4.14. The van der Waals surface area contributed by atoms with E-state index in [2.05, 4.69) is 30.2 Å². The van der Waals surface area contributed by atoms with Crippen LogP contribution in [0.3, 0.4) is 0 Å². The second-order valence-corrected chi connectivity index (χ2v) is 7.94. The van der Waals surface area contributed by atoms with Crippen LogP contribution in [-0.4, -0.2) is 56.1 Å². The number of hydrogen-bond acceptors (Lipinski definition) is 9. The number of piperidine rings is 1. The number of amides is 1. The summed E-state index contributed by atoms with van der Waals surface area (Å²) in [6.45, 7) is 3.55. The van der Waals surface area contributed by atoms with Crippen molar-refractivity contribution in [1.82, 2.24) is 24.5 Å². The van der Waals surface area contributed by atoms with Gasteiger partial charge in [0.25, 0.3) is 0 Å². The molecule has 162 valence electrons. The number of ether oxygens (including phenoxy) is 1. The first kappa shape index (κ1) is 20.9. The largest absolute Gasteiger partial charge is 0.466 e. The number of thiazole rings is 1. The molecule has 0 aromatic carbocycles. The lowest BCUT2D eigenvalue weighted by atomic mass is 9.96. The van der Waals surface area contributed by atoms with Gasteiger partial charge >= 0.3 is 5.97 Å². The minimum Gasteiger partial charge on any atom is -0.466 e. The molecule has 1 fully saturated rings. The number of aromatic nitrogens is 5. The first-order valence-electron chi connectivity index (χ1n) is 10.1. The van der Waals surface area contributed by atoms with Gasteiger partial charge in [-0.15, -0.1) is 11.3 Å². The van der Waals surface area contributed by atoms with Gasteiger partial charge in [0.2, 0.25) is 5.91 Å².